The number of hydrogen-bond donors (Lipinski definition) is 2. The highest BCUT2D eigenvalue weighted by Gasteiger charge is 2.17. The standard InChI is InChI=1S/C14H14BrN3O.C9H13N3/c15-13-11-6-10(7-16)19-12(11)8-17-14(13)18-9-4-2-1-3-5-9;1-2-8(6-10-4-1)9-3-5-11-7-12-9/h6,8-9H,1-5H2,(H,17,18);3,5,7-8,10H,1-2,4,6H2. The summed E-state index contributed by atoms with van der Waals surface area (Å²) >= 11 is 3.56. The number of rotatable bonds is 3. The third-order valence-corrected chi connectivity index (χ3v) is 6.70. The topological polar surface area (TPSA) is 99.7 Å². The SMILES string of the molecule is N#Cc1cc2c(Br)c(NC3CCCCC3)ncc2o1.c1cc(C2CCCNC2)ncn1. The first-order valence-electron chi connectivity index (χ1n) is 11.0. The van der Waals surface area contributed by atoms with Crippen LogP contribution in [0.25, 0.3) is 11.0 Å². The molecule has 0 amide bonds. The van der Waals surface area contributed by atoms with Gasteiger partial charge in [0.15, 0.2) is 5.58 Å². The molecule has 1 saturated heterocycles. The lowest BCUT2D eigenvalue weighted by molar-refractivity contribution is 0.454. The number of aromatic nitrogens is 3. The van der Waals surface area contributed by atoms with Gasteiger partial charge in [-0.25, -0.2) is 15.0 Å². The summed E-state index contributed by atoms with van der Waals surface area (Å²) in [6.07, 6.45) is 13.9. The van der Waals surface area contributed by atoms with Crippen molar-refractivity contribution in [1.82, 2.24) is 20.3 Å². The van der Waals surface area contributed by atoms with Gasteiger partial charge in [0, 0.05) is 41.8 Å². The normalized spacial score (nSPS) is 19.3. The summed E-state index contributed by atoms with van der Waals surface area (Å²) in [5.41, 5.74) is 1.81. The van der Waals surface area contributed by atoms with E-state index in [0.29, 0.717) is 23.3 Å². The van der Waals surface area contributed by atoms with Crippen LogP contribution in [0.3, 0.4) is 0 Å². The van der Waals surface area contributed by atoms with Crippen LogP contribution in [0.4, 0.5) is 5.82 Å². The minimum absolute atomic E-state index is 0.312. The molecular formula is C23H27BrN6O. The molecule has 1 aliphatic carbocycles. The highest BCUT2D eigenvalue weighted by Crippen LogP contribution is 2.33. The Hall–Kier alpha value is -2.50. The van der Waals surface area contributed by atoms with Crippen molar-refractivity contribution in [3.8, 4) is 6.07 Å². The molecule has 3 aromatic rings. The highest BCUT2D eigenvalue weighted by molar-refractivity contribution is 9.10. The number of nitriles is 1. The van der Waals surface area contributed by atoms with Crippen LogP contribution >= 0.6 is 15.9 Å². The van der Waals surface area contributed by atoms with E-state index in [2.05, 4.69) is 41.5 Å². The summed E-state index contributed by atoms with van der Waals surface area (Å²) in [7, 11) is 0. The van der Waals surface area contributed by atoms with Gasteiger partial charge in [0.2, 0.25) is 5.76 Å². The minimum Gasteiger partial charge on any atom is -0.444 e. The van der Waals surface area contributed by atoms with Gasteiger partial charge in [-0.1, -0.05) is 19.3 Å². The maximum absolute atomic E-state index is 8.86. The van der Waals surface area contributed by atoms with Gasteiger partial charge >= 0.3 is 0 Å². The molecule has 7 nitrogen and oxygen atoms in total. The second kappa shape index (κ2) is 10.7. The lowest BCUT2D eigenvalue weighted by Crippen LogP contribution is -2.28. The molecule has 31 heavy (non-hydrogen) atoms. The number of pyridine rings is 1. The Balaban J connectivity index is 0.000000166. The van der Waals surface area contributed by atoms with Crippen molar-refractivity contribution >= 4 is 32.7 Å². The zero-order valence-electron chi connectivity index (χ0n) is 17.5. The second-order valence-corrected chi connectivity index (χ2v) is 8.87. The number of halogens is 1. The fourth-order valence-electron chi connectivity index (χ4n) is 4.22. The third-order valence-electron chi connectivity index (χ3n) is 5.89. The van der Waals surface area contributed by atoms with Crippen LogP contribution in [0, 0.1) is 11.3 Å². The van der Waals surface area contributed by atoms with Gasteiger partial charge in [-0.15, -0.1) is 0 Å². The Morgan fingerprint density at radius 1 is 1.16 bits per heavy atom. The van der Waals surface area contributed by atoms with Gasteiger partial charge in [-0.3, -0.25) is 0 Å². The molecule has 1 aliphatic heterocycles. The quantitative estimate of drug-likeness (QED) is 0.532. The van der Waals surface area contributed by atoms with Crippen LogP contribution in [0.5, 0.6) is 0 Å². The van der Waals surface area contributed by atoms with Crippen molar-refractivity contribution in [2.75, 3.05) is 18.4 Å². The second-order valence-electron chi connectivity index (χ2n) is 8.08. The fourth-order valence-corrected chi connectivity index (χ4v) is 4.75. The van der Waals surface area contributed by atoms with Crippen LogP contribution in [0.15, 0.2) is 39.7 Å². The molecule has 0 bridgehead atoms. The number of nitrogens with one attached hydrogen (secondary N) is 2. The maximum Gasteiger partial charge on any atom is 0.204 e. The fraction of sp³-hybridized carbons (Fsp3) is 0.478. The lowest BCUT2D eigenvalue weighted by atomic mass is 9.95. The van der Waals surface area contributed by atoms with Crippen molar-refractivity contribution in [2.24, 2.45) is 0 Å². The van der Waals surface area contributed by atoms with E-state index in [4.69, 9.17) is 9.68 Å². The van der Waals surface area contributed by atoms with Crippen molar-refractivity contribution < 1.29 is 4.42 Å². The number of anilines is 1. The van der Waals surface area contributed by atoms with Gasteiger partial charge < -0.3 is 15.1 Å². The Morgan fingerprint density at radius 2 is 2.03 bits per heavy atom. The van der Waals surface area contributed by atoms with Crippen molar-refractivity contribution in [3.63, 3.8) is 0 Å². The predicted molar refractivity (Wildman–Crippen MR) is 124 cm³/mol. The van der Waals surface area contributed by atoms with Crippen molar-refractivity contribution in [1.29, 1.82) is 5.26 Å². The number of piperidine rings is 1. The van der Waals surface area contributed by atoms with Gasteiger partial charge in [-0.2, -0.15) is 5.26 Å². The Kier molecular flexibility index (Phi) is 7.49. The first kappa shape index (κ1) is 21.7. The van der Waals surface area contributed by atoms with E-state index in [0.717, 1.165) is 28.8 Å². The molecule has 1 unspecified atom stereocenters. The molecule has 162 valence electrons. The Bertz CT molecular complexity index is 1020. The molecule has 8 heteroatoms. The van der Waals surface area contributed by atoms with Crippen molar-refractivity contribution in [2.45, 2.75) is 56.9 Å². The number of hydrogen-bond acceptors (Lipinski definition) is 7. The van der Waals surface area contributed by atoms with E-state index >= 15 is 0 Å². The molecule has 1 atom stereocenters. The average molecular weight is 483 g/mol. The zero-order chi connectivity index (χ0) is 21.5. The monoisotopic (exact) mass is 482 g/mol. The number of fused-ring (bicyclic) bond motifs is 1. The summed E-state index contributed by atoms with van der Waals surface area (Å²) in [5.74, 6) is 1.75. The molecule has 1 saturated carbocycles. The molecule has 0 radical (unpaired) electrons. The zero-order valence-corrected chi connectivity index (χ0v) is 19.1. The number of nitrogens with zero attached hydrogens (tertiary/aromatic N) is 4. The van der Waals surface area contributed by atoms with Crippen molar-refractivity contribution in [3.05, 3.63) is 46.8 Å². The molecule has 5 rings (SSSR count). The molecular weight excluding hydrogens is 456 g/mol. The van der Waals surface area contributed by atoms with Gasteiger partial charge in [0.1, 0.15) is 18.2 Å². The highest BCUT2D eigenvalue weighted by atomic mass is 79.9. The van der Waals surface area contributed by atoms with E-state index in [9.17, 15) is 0 Å². The van der Waals surface area contributed by atoms with Crippen LogP contribution in [-0.2, 0) is 0 Å². The molecule has 4 heterocycles. The number of furan rings is 1. The Morgan fingerprint density at radius 3 is 2.74 bits per heavy atom. The maximum atomic E-state index is 8.86. The van der Waals surface area contributed by atoms with Gasteiger partial charge in [-0.05, 0) is 54.2 Å². The summed E-state index contributed by atoms with van der Waals surface area (Å²) in [6, 6.07) is 6.26. The molecule has 3 aromatic heterocycles. The molecule has 2 aliphatic rings. The third kappa shape index (κ3) is 5.60. The smallest absolute Gasteiger partial charge is 0.204 e. The summed E-state index contributed by atoms with van der Waals surface area (Å²) in [4.78, 5) is 12.5. The predicted octanol–water partition coefficient (Wildman–Crippen LogP) is 5.15. The van der Waals surface area contributed by atoms with E-state index in [1.807, 2.05) is 18.3 Å². The van der Waals surface area contributed by atoms with Crippen LogP contribution in [-0.4, -0.2) is 34.1 Å². The van der Waals surface area contributed by atoms with Gasteiger partial charge in [0.05, 0.1) is 10.7 Å². The summed E-state index contributed by atoms with van der Waals surface area (Å²) < 4.78 is 6.24. The van der Waals surface area contributed by atoms with Gasteiger partial charge in [0.25, 0.3) is 0 Å². The summed E-state index contributed by atoms with van der Waals surface area (Å²) in [5, 5.41) is 16.6. The van der Waals surface area contributed by atoms with Crippen LogP contribution < -0.4 is 10.6 Å². The van der Waals surface area contributed by atoms with E-state index in [1.165, 1.54) is 50.6 Å². The van der Waals surface area contributed by atoms with E-state index < -0.39 is 0 Å². The summed E-state index contributed by atoms with van der Waals surface area (Å²) in [6.45, 7) is 2.22. The minimum atomic E-state index is 0.312. The molecule has 2 N–H and O–H groups in total. The first-order chi connectivity index (χ1) is 15.2. The van der Waals surface area contributed by atoms with E-state index in [-0.39, 0.29) is 0 Å². The molecule has 0 spiro atoms. The molecule has 2 fully saturated rings. The Labute approximate surface area is 190 Å². The van der Waals surface area contributed by atoms with Crippen LogP contribution in [0.1, 0.15) is 62.3 Å². The average Bonchev–Trinajstić information content (AvgIpc) is 3.28. The van der Waals surface area contributed by atoms with E-state index in [1.54, 1.807) is 18.6 Å². The first-order valence-corrected chi connectivity index (χ1v) is 11.7. The lowest BCUT2D eigenvalue weighted by Gasteiger charge is -2.23. The van der Waals surface area contributed by atoms with Crippen LogP contribution in [0.2, 0.25) is 0 Å². The largest absolute Gasteiger partial charge is 0.444 e. The molecule has 0 aromatic carbocycles.